The van der Waals surface area contributed by atoms with Crippen molar-refractivity contribution in [3.05, 3.63) is 32.9 Å². The van der Waals surface area contributed by atoms with Gasteiger partial charge in [-0.1, -0.05) is 40.9 Å². The Hall–Kier alpha value is 0.578. The van der Waals surface area contributed by atoms with Crippen LogP contribution in [0, 0.1) is 0 Å². The monoisotopic (exact) mass is 389 g/mol. The molecule has 1 nitrogen and oxygen atoms in total. The van der Waals surface area contributed by atoms with Crippen molar-refractivity contribution in [3.8, 4) is 0 Å². The third-order valence-electron chi connectivity index (χ3n) is 1.01. The van der Waals surface area contributed by atoms with Crippen molar-refractivity contribution in [2.75, 3.05) is 0 Å². The standard InChI is InChI=1S/C6H3Cl3N.Pt/c7-3-1-5(9)6(10)2-4(3)8;/h1-2,10H;/q-1;. The van der Waals surface area contributed by atoms with E-state index in [4.69, 9.17) is 40.5 Å². The summed E-state index contributed by atoms with van der Waals surface area (Å²) in [6.45, 7) is 0. The molecule has 11 heavy (non-hydrogen) atoms. The molecule has 1 aromatic carbocycles. The maximum absolute atomic E-state index is 7.18. The van der Waals surface area contributed by atoms with Gasteiger partial charge in [0.1, 0.15) is 0 Å². The van der Waals surface area contributed by atoms with Gasteiger partial charge in [-0.2, -0.15) is 0 Å². The summed E-state index contributed by atoms with van der Waals surface area (Å²) in [5, 5.41) is 1.05. The van der Waals surface area contributed by atoms with Crippen LogP contribution in [0.5, 0.6) is 0 Å². The first-order valence-corrected chi connectivity index (χ1v) is 3.61. The quantitative estimate of drug-likeness (QED) is 0.589. The minimum absolute atomic E-state index is 0. The van der Waals surface area contributed by atoms with Crippen LogP contribution in [0.25, 0.3) is 5.73 Å². The number of nitrogens with one attached hydrogen (secondary N) is 1. The maximum Gasteiger partial charge on any atom is 0.0606 e. The third kappa shape index (κ3) is 2.83. The number of hydrogen-bond acceptors (Lipinski definition) is 0. The van der Waals surface area contributed by atoms with Crippen molar-refractivity contribution in [1.82, 2.24) is 0 Å². The van der Waals surface area contributed by atoms with Crippen molar-refractivity contribution < 1.29 is 21.1 Å². The van der Waals surface area contributed by atoms with Crippen LogP contribution < -0.4 is 0 Å². The van der Waals surface area contributed by atoms with Gasteiger partial charge in [0.25, 0.3) is 0 Å². The first-order chi connectivity index (χ1) is 4.61. The minimum atomic E-state index is 0. The predicted molar refractivity (Wildman–Crippen MR) is 45.5 cm³/mol. The van der Waals surface area contributed by atoms with E-state index in [1.807, 2.05) is 0 Å². The zero-order valence-corrected chi connectivity index (χ0v) is 9.64. The molecule has 0 fully saturated rings. The van der Waals surface area contributed by atoms with Crippen LogP contribution in [0.2, 0.25) is 15.1 Å². The van der Waals surface area contributed by atoms with E-state index >= 15 is 0 Å². The number of hydrogen-bond donors (Lipinski definition) is 0. The Morgan fingerprint density at radius 2 is 1.36 bits per heavy atom. The van der Waals surface area contributed by atoms with Crippen LogP contribution in [-0.2, 0) is 21.1 Å². The number of rotatable bonds is 0. The Morgan fingerprint density at radius 3 is 1.82 bits per heavy atom. The van der Waals surface area contributed by atoms with Gasteiger partial charge >= 0.3 is 0 Å². The van der Waals surface area contributed by atoms with Crippen LogP contribution in [-0.4, -0.2) is 0 Å². The summed E-state index contributed by atoms with van der Waals surface area (Å²) in [5.74, 6) is 0. The number of halogens is 3. The van der Waals surface area contributed by atoms with Gasteiger partial charge in [0, 0.05) is 26.1 Å². The molecule has 0 aliphatic heterocycles. The predicted octanol–water partition coefficient (Wildman–Crippen LogP) is 4.33. The molecular formula is C6H3Cl3NPt-. The maximum atomic E-state index is 7.18. The molecule has 0 bridgehead atoms. The Kier molecular flexibility index (Phi) is 4.81. The average Bonchev–Trinajstić information content (AvgIpc) is 1.84. The summed E-state index contributed by atoms with van der Waals surface area (Å²) >= 11 is 16.7. The molecule has 0 amide bonds. The van der Waals surface area contributed by atoms with E-state index in [0.29, 0.717) is 15.1 Å². The minimum Gasteiger partial charge on any atom is -0.697 e. The molecule has 1 rings (SSSR count). The molecule has 64 valence electrons. The van der Waals surface area contributed by atoms with Crippen LogP contribution >= 0.6 is 34.8 Å². The van der Waals surface area contributed by atoms with Crippen LogP contribution in [0.3, 0.4) is 0 Å². The Morgan fingerprint density at radius 1 is 0.909 bits per heavy atom. The van der Waals surface area contributed by atoms with E-state index in [9.17, 15) is 0 Å². The van der Waals surface area contributed by atoms with Crippen LogP contribution in [0.15, 0.2) is 12.1 Å². The Balaban J connectivity index is 0.000001000. The summed E-state index contributed by atoms with van der Waals surface area (Å²) in [6.07, 6.45) is 0. The molecule has 0 aliphatic carbocycles. The van der Waals surface area contributed by atoms with E-state index in [2.05, 4.69) is 0 Å². The molecule has 0 atom stereocenters. The summed E-state index contributed by atoms with van der Waals surface area (Å²) < 4.78 is 0. The van der Waals surface area contributed by atoms with Crippen molar-refractivity contribution in [3.63, 3.8) is 0 Å². The first-order valence-electron chi connectivity index (χ1n) is 2.47. The first kappa shape index (κ1) is 11.6. The average molecular weight is 391 g/mol. The molecule has 0 saturated heterocycles. The van der Waals surface area contributed by atoms with Gasteiger partial charge in [-0.05, 0) is 6.07 Å². The van der Waals surface area contributed by atoms with E-state index < -0.39 is 0 Å². The van der Waals surface area contributed by atoms with Crippen molar-refractivity contribution in [2.45, 2.75) is 0 Å². The Labute approximate surface area is 94.1 Å². The molecule has 0 spiro atoms. The summed E-state index contributed by atoms with van der Waals surface area (Å²) in [6, 6.07) is 2.86. The SMILES string of the molecule is [NH-]c1cc(Cl)c(Cl)cc1Cl.[Pt]. The molecule has 1 aromatic rings. The van der Waals surface area contributed by atoms with Gasteiger partial charge in [-0.15, -0.1) is 5.69 Å². The van der Waals surface area contributed by atoms with Crippen LogP contribution in [0.4, 0.5) is 5.69 Å². The van der Waals surface area contributed by atoms with Gasteiger partial charge in [0.15, 0.2) is 0 Å². The fourth-order valence-corrected chi connectivity index (χ4v) is 1.07. The van der Waals surface area contributed by atoms with E-state index in [1.54, 1.807) is 0 Å². The van der Waals surface area contributed by atoms with Crippen LogP contribution in [0.1, 0.15) is 0 Å². The summed E-state index contributed by atoms with van der Waals surface area (Å²) in [7, 11) is 0. The Bertz CT molecular complexity index is 214. The molecule has 0 heterocycles. The zero-order valence-electron chi connectivity index (χ0n) is 5.10. The molecule has 0 aromatic heterocycles. The van der Waals surface area contributed by atoms with Gasteiger partial charge in [0.2, 0.25) is 0 Å². The zero-order chi connectivity index (χ0) is 7.72. The van der Waals surface area contributed by atoms with Crippen molar-refractivity contribution >= 4 is 40.5 Å². The molecule has 0 radical (unpaired) electrons. The number of benzene rings is 1. The fraction of sp³-hybridized carbons (Fsp3) is 0. The molecule has 0 aliphatic rings. The fourth-order valence-electron chi connectivity index (χ4n) is 0.523. The smallest absolute Gasteiger partial charge is 0.0606 e. The van der Waals surface area contributed by atoms with E-state index in [0.717, 1.165) is 0 Å². The summed E-state index contributed by atoms with van der Waals surface area (Å²) in [5.41, 5.74) is 7.37. The van der Waals surface area contributed by atoms with E-state index in [-0.39, 0.29) is 26.8 Å². The molecule has 1 N–H and O–H groups in total. The summed E-state index contributed by atoms with van der Waals surface area (Å²) in [4.78, 5) is 0. The second kappa shape index (κ2) is 4.57. The normalized spacial score (nSPS) is 9.00. The largest absolute Gasteiger partial charge is 0.697 e. The molecular weight excluding hydrogens is 388 g/mol. The second-order valence-electron chi connectivity index (χ2n) is 1.75. The van der Waals surface area contributed by atoms with Crippen molar-refractivity contribution in [1.29, 1.82) is 0 Å². The third-order valence-corrected chi connectivity index (χ3v) is 2.04. The van der Waals surface area contributed by atoms with E-state index in [1.165, 1.54) is 12.1 Å². The van der Waals surface area contributed by atoms with Crippen molar-refractivity contribution in [2.24, 2.45) is 0 Å². The van der Waals surface area contributed by atoms with Gasteiger partial charge < -0.3 is 5.73 Å². The topological polar surface area (TPSA) is 23.8 Å². The van der Waals surface area contributed by atoms with Gasteiger partial charge in [-0.3, -0.25) is 0 Å². The van der Waals surface area contributed by atoms with Gasteiger partial charge in [0.05, 0.1) is 10.0 Å². The molecule has 0 unspecified atom stereocenters. The molecule has 0 saturated carbocycles. The molecule has 5 heteroatoms. The van der Waals surface area contributed by atoms with Gasteiger partial charge in [-0.25, -0.2) is 0 Å². The second-order valence-corrected chi connectivity index (χ2v) is 2.97.